The second-order valence-corrected chi connectivity index (χ2v) is 6.33. The summed E-state index contributed by atoms with van der Waals surface area (Å²) in [5.41, 5.74) is 11.9. The van der Waals surface area contributed by atoms with Crippen molar-refractivity contribution in [2.24, 2.45) is 10.7 Å². The molecule has 0 bridgehead atoms. The van der Waals surface area contributed by atoms with Gasteiger partial charge in [0.1, 0.15) is 11.5 Å². The first-order chi connectivity index (χ1) is 11.9. The van der Waals surface area contributed by atoms with Crippen molar-refractivity contribution < 1.29 is 13.8 Å². The summed E-state index contributed by atoms with van der Waals surface area (Å²) in [6.45, 7) is 0. The first kappa shape index (κ1) is 17.0. The molecule has 1 aromatic carbocycles. The van der Waals surface area contributed by atoms with Crippen molar-refractivity contribution in [1.29, 1.82) is 0 Å². The number of rotatable bonds is 4. The van der Waals surface area contributed by atoms with E-state index in [0.29, 0.717) is 5.69 Å². The number of amidine groups is 1. The van der Waals surface area contributed by atoms with E-state index in [9.17, 15) is 9.18 Å². The Hall–Kier alpha value is -2.86. The van der Waals surface area contributed by atoms with Crippen molar-refractivity contribution >= 4 is 55.6 Å². The zero-order valence-electron chi connectivity index (χ0n) is 12.2. The molecule has 0 saturated carbocycles. The molecule has 0 atom stereocenters. The molecule has 0 unspecified atom stereocenters. The standard InChI is InChI=1S/C13H9BrFN7O2S/c14-6-3-5(1-2-7(6)15)18-10(16)9-11(22-24-21-9)20-12(23)8-4-25-13(17)19-8/h1-4H,(H2,16,18)(H2,17,19)(H,20,22,23). The number of aromatic nitrogens is 3. The van der Waals surface area contributed by atoms with E-state index < -0.39 is 11.7 Å². The summed E-state index contributed by atoms with van der Waals surface area (Å²) in [5.74, 6) is -1.09. The summed E-state index contributed by atoms with van der Waals surface area (Å²) < 4.78 is 18.1. The zero-order chi connectivity index (χ0) is 18.0. The second-order valence-electron chi connectivity index (χ2n) is 4.58. The van der Waals surface area contributed by atoms with Crippen molar-refractivity contribution in [2.75, 3.05) is 11.1 Å². The molecule has 0 spiro atoms. The number of aliphatic imine (C=N–C) groups is 1. The van der Waals surface area contributed by atoms with E-state index in [0.717, 1.165) is 11.3 Å². The lowest BCUT2D eigenvalue weighted by atomic mass is 10.3. The third-order valence-electron chi connectivity index (χ3n) is 2.87. The molecule has 5 N–H and O–H groups in total. The highest BCUT2D eigenvalue weighted by Gasteiger charge is 2.19. The van der Waals surface area contributed by atoms with Crippen LogP contribution >= 0.6 is 27.3 Å². The number of hydrogen-bond acceptors (Lipinski definition) is 8. The van der Waals surface area contributed by atoms with Crippen molar-refractivity contribution in [3.63, 3.8) is 0 Å². The summed E-state index contributed by atoms with van der Waals surface area (Å²) in [5, 5.41) is 11.4. The topological polar surface area (TPSA) is 145 Å². The van der Waals surface area contributed by atoms with E-state index in [1.165, 1.54) is 23.6 Å². The monoisotopic (exact) mass is 425 g/mol. The summed E-state index contributed by atoms with van der Waals surface area (Å²) in [6.07, 6.45) is 0. The van der Waals surface area contributed by atoms with Gasteiger partial charge in [-0.15, -0.1) is 11.3 Å². The minimum atomic E-state index is -0.553. The van der Waals surface area contributed by atoms with Crippen molar-refractivity contribution in [2.45, 2.75) is 0 Å². The van der Waals surface area contributed by atoms with E-state index in [1.54, 1.807) is 0 Å². The quantitative estimate of drug-likeness (QED) is 0.429. The van der Waals surface area contributed by atoms with Gasteiger partial charge in [-0.2, -0.15) is 0 Å². The first-order valence-corrected chi connectivity index (χ1v) is 8.26. The number of nitrogen functional groups attached to an aromatic ring is 1. The third-order valence-corrected chi connectivity index (χ3v) is 4.15. The molecule has 3 rings (SSSR count). The van der Waals surface area contributed by atoms with Crippen LogP contribution in [0.25, 0.3) is 0 Å². The first-order valence-electron chi connectivity index (χ1n) is 6.58. The van der Waals surface area contributed by atoms with Crippen LogP contribution in [-0.2, 0) is 0 Å². The summed E-state index contributed by atoms with van der Waals surface area (Å²) in [4.78, 5) is 20.0. The fraction of sp³-hybridized carbons (Fsp3) is 0. The number of anilines is 2. The van der Waals surface area contributed by atoms with Gasteiger partial charge in [-0.3, -0.25) is 4.79 Å². The van der Waals surface area contributed by atoms with Gasteiger partial charge < -0.3 is 16.8 Å². The highest BCUT2D eigenvalue weighted by molar-refractivity contribution is 9.10. The third kappa shape index (κ3) is 3.80. The Bertz CT molecular complexity index is 971. The Kier molecular flexibility index (Phi) is 4.72. The number of nitrogens with zero attached hydrogens (tertiary/aromatic N) is 4. The van der Waals surface area contributed by atoms with Crippen LogP contribution in [0.4, 0.5) is 21.0 Å². The lowest BCUT2D eigenvalue weighted by Crippen LogP contribution is -2.19. The molecule has 12 heteroatoms. The number of halogens is 2. The SMILES string of the molecule is NC(=Nc1ccc(F)c(Br)c1)c1nonc1NC(=O)c1csc(N)n1. The number of amides is 1. The predicted octanol–water partition coefficient (Wildman–Crippen LogP) is 2.30. The van der Waals surface area contributed by atoms with Gasteiger partial charge >= 0.3 is 0 Å². The van der Waals surface area contributed by atoms with Crippen molar-refractivity contribution in [1.82, 2.24) is 15.3 Å². The molecule has 9 nitrogen and oxygen atoms in total. The van der Waals surface area contributed by atoms with E-state index in [-0.39, 0.29) is 32.6 Å². The van der Waals surface area contributed by atoms with Gasteiger partial charge in [-0.1, -0.05) is 0 Å². The maximum atomic E-state index is 13.3. The van der Waals surface area contributed by atoms with Crippen LogP contribution in [0.5, 0.6) is 0 Å². The van der Waals surface area contributed by atoms with Crippen LogP contribution in [0.3, 0.4) is 0 Å². The molecule has 0 aliphatic rings. The highest BCUT2D eigenvalue weighted by atomic mass is 79.9. The normalized spacial score (nSPS) is 11.5. The molecule has 128 valence electrons. The smallest absolute Gasteiger partial charge is 0.276 e. The molecule has 1 amide bonds. The Morgan fingerprint density at radius 1 is 1.40 bits per heavy atom. The maximum absolute atomic E-state index is 13.3. The summed E-state index contributed by atoms with van der Waals surface area (Å²) in [7, 11) is 0. The zero-order valence-corrected chi connectivity index (χ0v) is 14.6. The second kappa shape index (κ2) is 6.94. The highest BCUT2D eigenvalue weighted by Crippen LogP contribution is 2.23. The van der Waals surface area contributed by atoms with E-state index >= 15 is 0 Å². The lowest BCUT2D eigenvalue weighted by molar-refractivity contribution is 0.102. The van der Waals surface area contributed by atoms with Gasteiger partial charge in [0.2, 0.25) is 5.82 Å². The molecule has 0 saturated heterocycles. The van der Waals surface area contributed by atoms with Gasteiger partial charge in [-0.25, -0.2) is 19.0 Å². The van der Waals surface area contributed by atoms with Crippen LogP contribution in [0.15, 0.2) is 37.7 Å². The molecule has 0 fully saturated rings. The number of carbonyl (C=O) groups is 1. The minimum absolute atomic E-state index is 0.0250. The molecular formula is C13H9BrFN7O2S. The Morgan fingerprint density at radius 2 is 2.20 bits per heavy atom. The number of hydrogen-bond donors (Lipinski definition) is 3. The predicted molar refractivity (Wildman–Crippen MR) is 93.3 cm³/mol. The summed E-state index contributed by atoms with van der Waals surface area (Å²) >= 11 is 4.18. The molecule has 25 heavy (non-hydrogen) atoms. The number of thiazole rings is 1. The minimum Gasteiger partial charge on any atom is -0.382 e. The van der Waals surface area contributed by atoms with Crippen LogP contribution in [-0.4, -0.2) is 27.0 Å². The average Bonchev–Trinajstić information content (AvgIpc) is 3.20. The maximum Gasteiger partial charge on any atom is 0.276 e. The fourth-order valence-corrected chi connectivity index (χ4v) is 2.66. The largest absolute Gasteiger partial charge is 0.382 e. The Labute approximate surface area is 152 Å². The van der Waals surface area contributed by atoms with Gasteiger partial charge in [0, 0.05) is 5.38 Å². The van der Waals surface area contributed by atoms with E-state index in [2.05, 4.69) is 46.2 Å². The van der Waals surface area contributed by atoms with Gasteiger partial charge in [-0.05, 0) is 44.4 Å². The molecule has 0 aliphatic heterocycles. The number of nitrogens with one attached hydrogen (secondary N) is 1. The molecular weight excluding hydrogens is 417 g/mol. The molecule has 2 aromatic heterocycles. The molecule has 0 aliphatic carbocycles. The number of nitrogens with two attached hydrogens (primary N) is 2. The summed E-state index contributed by atoms with van der Waals surface area (Å²) in [6, 6.07) is 4.09. The van der Waals surface area contributed by atoms with Gasteiger partial charge in [0.15, 0.2) is 16.7 Å². The number of carbonyl (C=O) groups excluding carboxylic acids is 1. The van der Waals surface area contributed by atoms with Crippen molar-refractivity contribution in [3.05, 3.63) is 45.3 Å². The van der Waals surface area contributed by atoms with E-state index in [4.69, 9.17) is 11.5 Å². The Morgan fingerprint density at radius 3 is 2.88 bits per heavy atom. The number of benzene rings is 1. The van der Waals surface area contributed by atoms with Crippen LogP contribution in [0, 0.1) is 5.82 Å². The molecule has 3 aromatic rings. The van der Waals surface area contributed by atoms with Gasteiger partial charge in [0.05, 0.1) is 10.2 Å². The molecule has 2 heterocycles. The lowest BCUT2D eigenvalue weighted by Gasteiger charge is -2.02. The van der Waals surface area contributed by atoms with Crippen LogP contribution in [0.2, 0.25) is 0 Å². The average molecular weight is 426 g/mol. The van der Waals surface area contributed by atoms with Gasteiger partial charge in [0.25, 0.3) is 5.91 Å². The molecule has 0 radical (unpaired) electrons. The van der Waals surface area contributed by atoms with Crippen LogP contribution < -0.4 is 16.8 Å². The van der Waals surface area contributed by atoms with Crippen LogP contribution in [0.1, 0.15) is 16.2 Å². The fourth-order valence-electron chi connectivity index (χ4n) is 1.75. The van der Waals surface area contributed by atoms with Crippen molar-refractivity contribution in [3.8, 4) is 0 Å². The van der Waals surface area contributed by atoms with E-state index in [1.807, 2.05) is 0 Å². The Balaban J connectivity index is 1.84.